The van der Waals surface area contributed by atoms with Gasteiger partial charge in [0.05, 0.1) is 17.7 Å². The molecule has 0 radical (unpaired) electrons. The summed E-state index contributed by atoms with van der Waals surface area (Å²) in [7, 11) is -4.36. The van der Waals surface area contributed by atoms with Gasteiger partial charge in [0, 0.05) is 22.4 Å². The topological polar surface area (TPSA) is 135 Å². The van der Waals surface area contributed by atoms with Crippen molar-refractivity contribution in [2.75, 3.05) is 6.61 Å². The second-order valence-electron chi connectivity index (χ2n) is 7.85. The Labute approximate surface area is 207 Å². The number of halogens is 3. The first-order chi connectivity index (χ1) is 16.0. The maximum absolute atomic E-state index is 14.8. The zero-order chi connectivity index (χ0) is 24.8. The number of rotatable bonds is 6. The molecule has 3 N–H and O–H groups in total. The van der Waals surface area contributed by atoms with Gasteiger partial charge in [0.15, 0.2) is 0 Å². The molecule has 0 fully saturated rings. The summed E-state index contributed by atoms with van der Waals surface area (Å²) in [4.78, 5) is 11.4. The molecule has 0 bridgehead atoms. The molecule has 0 unspecified atom stereocenters. The first kappa shape index (κ1) is 24.9. The number of sulfonamides is 1. The molecule has 4 rings (SSSR count). The van der Waals surface area contributed by atoms with Crippen LogP contribution in [0.5, 0.6) is 5.75 Å². The number of hydrogen-bond acceptors (Lipinski definition) is 7. The van der Waals surface area contributed by atoms with Crippen molar-refractivity contribution in [1.82, 2.24) is 14.9 Å². The third-order valence-electron chi connectivity index (χ3n) is 5.72. The third-order valence-corrected chi connectivity index (χ3v) is 8.37. The fourth-order valence-corrected chi connectivity index (χ4v) is 6.06. The van der Waals surface area contributed by atoms with E-state index in [4.69, 9.17) is 20.8 Å². The number of ether oxygens (including phenoxy) is 1. The van der Waals surface area contributed by atoms with E-state index in [1.165, 1.54) is 24.3 Å². The summed E-state index contributed by atoms with van der Waals surface area (Å²) in [5.74, 6) is -2.66. The van der Waals surface area contributed by atoms with E-state index >= 15 is 0 Å². The van der Waals surface area contributed by atoms with Crippen LogP contribution < -0.4 is 15.2 Å². The Hall–Kier alpha value is -2.25. The molecular weight excluding hydrogens is 557 g/mol. The van der Waals surface area contributed by atoms with Gasteiger partial charge in [0.25, 0.3) is 0 Å². The summed E-state index contributed by atoms with van der Waals surface area (Å²) in [6, 6.07) is 4.11. The number of aromatic amines is 1. The van der Waals surface area contributed by atoms with Crippen molar-refractivity contribution in [3.63, 3.8) is 0 Å². The number of hydrogen-bond donors (Lipinski definition) is 3. The smallest absolute Gasteiger partial charge is 0.434 e. The monoisotopic (exact) mass is 575 g/mol. The molecule has 13 heteroatoms. The quantitative estimate of drug-likeness (QED) is 0.406. The largest absolute Gasteiger partial charge is 0.492 e. The lowest BCUT2D eigenvalue weighted by Gasteiger charge is -2.27. The van der Waals surface area contributed by atoms with Crippen LogP contribution in [0.25, 0.3) is 0 Å². The fourth-order valence-electron chi connectivity index (χ4n) is 4.01. The first-order valence-electron chi connectivity index (χ1n) is 10.2. The Bertz CT molecular complexity index is 1410. The van der Waals surface area contributed by atoms with Gasteiger partial charge in [-0.2, -0.15) is 4.72 Å². The van der Waals surface area contributed by atoms with E-state index < -0.39 is 39.7 Å². The molecule has 2 heterocycles. The lowest BCUT2D eigenvalue weighted by molar-refractivity contribution is 0.113. The van der Waals surface area contributed by atoms with Crippen LogP contribution in [-0.4, -0.2) is 30.3 Å². The van der Waals surface area contributed by atoms with Gasteiger partial charge in [-0.25, -0.2) is 22.7 Å². The molecule has 0 spiro atoms. The molecule has 2 aromatic carbocycles. The number of nitrogens with one attached hydrogen (secondary N) is 2. The lowest BCUT2D eigenvalue weighted by atomic mass is 9.90. The highest BCUT2D eigenvalue weighted by Crippen LogP contribution is 2.43. The Morgan fingerprint density at radius 3 is 2.76 bits per heavy atom. The zero-order valence-electron chi connectivity index (χ0n) is 17.9. The molecule has 182 valence electrons. The second-order valence-corrected chi connectivity index (χ2v) is 10.8. The number of benzene rings is 2. The Balaban J connectivity index is 1.82. The van der Waals surface area contributed by atoms with Crippen LogP contribution in [0.4, 0.5) is 4.39 Å². The zero-order valence-corrected chi connectivity index (χ0v) is 21.1. The molecule has 0 saturated carbocycles. The van der Waals surface area contributed by atoms with E-state index in [9.17, 15) is 22.7 Å². The Kier molecular flexibility index (Phi) is 6.89. The minimum atomic E-state index is -4.36. The minimum absolute atomic E-state index is 0.0709. The molecule has 3 aromatic rings. The number of aliphatic hydroxyl groups is 1. The van der Waals surface area contributed by atoms with E-state index in [-0.39, 0.29) is 45.7 Å². The summed E-state index contributed by atoms with van der Waals surface area (Å²) in [6.45, 7) is 3.35. The van der Waals surface area contributed by atoms with Gasteiger partial charge in [0.2, 0.25) is 15.9 Å². The summed E-state index contributed by atoms with van der Waals surface area (Å²) in [6.07, 6.45) is -0.743. The van der Waals surface area contributed by atoms with Crippen LogP contribution in [0.1, 0.15) is 54.0 Å². The van der Waals surface area contributed by atoms with Crippen LogP contribution in [0, 0.1) is 12.7 Å². The highest BCUT2D eigenvalue weighted by molar-refractivity contribution is 9.10. The van der Waals surface area contributed by atoms with Gasteiger partial charge in [-0.15, -0.1) is 5.10 Å². The van der Waals surface area contributed by atoms with Gasteiger partial charge in [-0.05, 0) is 42.3 Å². The van der Waals surface area contributed by atoms with Crippen molar-refractivity contribution in [1.29, 1.82) is 0 Å². The van der Waals surface area contributed by atoms with E-state index in [2.05, 4.69) is 30.8 Å². The Morgan fingerprint density at radius 2 is 2.09 bits per heavy atom. The van der Waals surface area contributed by atoms with Crippen LogP contribution in [-0.2, 0) is 10.0 Å². The molecule has 1 aromatic heterocycles. The van der Waals surface area contributed by atoms with Crippen LogP contribution in [0.15, 0.2) is 42.8 Å². The van der Waals surface area contributed by atoms with Crippen molar-refractivity contribution >= 4 is 37.6 Å². The van der Waals surface area contributed by atoms with Crippen LogP contribution in [0.3, 0.4) is 0 Å². The average Bonchev–Trinajstić information content (AvgIpc) is 3.21. The molecule has 9 nitrogen and oxygen atoms in total. The van der Waals surface area contributed by atoms with E-state index in [1.54, 1.807) is 13.8 Å². The van der Waals surface area contributed by atoms with Crippen molar-refractivity contribution in [2.24, 2.45) is 0 Å². The number of nitrogens with zero attached hydrogens (tertiary/aromatic N) is 1. The molecule has 1 aliphatic heterocycles. The van der Waals surface area contributed by atoms with E-state index in [0.717, 1.165) is 0 Å². The first-order valence-corrected chi connectivity index (χ1v) is 12.8. The van der Waals surface area contributed by atoms with Crippen molar-refractivity contribution in [3.8, 4) is 5.75 Å². The molecule has 0 amide bonds. The van der Waals surface area contributed by atoms with Gasteiger partial charge in [0.1, 0.15) is 22.5 Å². The normalized spacial score (nSPS) is 17.6. The summed E-state index contributed by atoms with van der Waals surface area (Å²) >= 11 is 9.53. The van der Waals surface area contributed by atoms with Crippen molar-refractivity contribution in [3.05, 3.63) is 72.7 Å². The van der Waals surface area contributed by atoms with Crippen LogP contribution in [0.2, 0.25) is 5.02 Å². The van der Waals surface area contributed by atoms with Crippen molar-refractivity contribution < 1.29 is 27.1 Å². The standard InChI is InChI=1S/C21H20BrClFN3O6S/c1-9-11(22)3-5-13(24)16(9)10(2)18(20-25-26-21(29)33-20)27-34(30,31)15-6-4-12(23)17-14(28)7-8-32-19(15)17/h3-6,10,14,18,27-28H,7-8H2,1-2H3,(H,26,29)/t10-,14+,18+/m1/s1. The molecule has 3 atom stereocenters. The molecule has 0 saturated heterocycles. The van der Waals surface area contributed by atoms with Gasteiger partial charge >= 0.3 is 5.76 Å². The lowest BCUT2D eigenvalue weighted by Crippen LogP contribution is -2.33. The average molecular weight is 577 g/mol. The highest BCUT2D eigenvalue weighted by atomic mass is 79.9. The number of fused-ring (bicyclic) bond motifs is 1. The SMILES string of the molecule is Cc1c(Br)ccc(F)c1[C@@H](C)[C@H](NS(=O)(=O)c1ccc(Cl)c2c1OCC[C@@H]2O)c1n[nH]c(=O)o1. The van der Waals surface area contributed by atoms with Gasteiger partial charge in [-0.3, -0.25) is 0 Å². The maximum atomic E-state index is 14.8. The maximum Gasteiger partial charge on any atom is 0.434 e. The summed E-state index contributed by atoms with van der Waals surface area (Å²) in [5.41, 5.74) is 0.919. The van der Waals surface area contributed by atoms with Gasteiger partial charge in [-0.1, -0.05) is 34.5 Å². The molecule has 0 aliphatic carbocycles. The van der Waals surface area contributed by atoms with Gasteiger partial charge < -0.3 is 14.3 Å². The number of aliphatic hydroxyl groups excluding tert-OH is 1. The fraction of sp³-hybridized carbons (Fsp3) is 0.333. The molecule has 1 aliphatic rings. The highest BCUT2D eigenvalue weighted by Gasteiger charge is 2.36. The predicted molar refractivity (Wildman–Crippen MR) is 124 cm³/mol. The van der Waals surface area contributed by atoms with E-state index in [0.29, 0.717) is 10.0 Å². The van der Waals surface area contributed by atoms with E-state index in [1.807, 2.05) is 0 Å². The molecule has 34 heavy (non-hydrogen) atoms. The second kappa shape index (κ2) is 9.42. The minimum Gasteiger partial charge on any atom is -0.492 e. The molecular formula is C21H20BrClFN3O6S. The summed E-state index contributed by atoms with van der Waals surface area (Å²) < 4.78 is 55.6. The summed E-state index contributed by atoms with van der Waals surface area (Å²) in [5, 5.41) is 16.4. The number of aromatic nitrogens is 2. The van der Waals surface area contributed by atoms with Crippen LogP contribution >= 0.6 is 27.5 Å². The van der Waals surface area contributed by atoms with Crippen molar-refractivity contribution in [2.45, 2.75) is 43.2 Å². The predicted octanol–water partition coefficient (Wildman–Crippen LogP) is 3.87. The third kappa shape index (κ3) is 4.52. The number of H-pyrrole nitrogens is 1. The Morgan fingerprint density at radius 1 is 1.35 bits per heavy atom.